The van der Waals surface area contributed by atoms with Crippen LogP contribution >= 0.6 is 15.9 Å². The molecule has 0 spiro atoms. The van der Waals surface area contributed by atoms with E-state index in [1.54, 1.807) is 4.90 Å². The fraction of sp³-hybridized carbons (Fsp3) is 0.650. The normalized spacial score (nSPS) is 17.7. The van der Waals surface area contributed by atoms with Crippen LogP contribution in [0, 0.1) is 0 Å². The predicted octanol–water partition coefficient (Wildman–Crippen LogP) is 5.69. The van der Waals surface area contributed by atoms with E-state index in [-0.39, 0.29) is 16.1 Å². The topological polar surface area (TPSA) is 32.8 Å². The molecule has 1 aromatic rings. The molecule has 0 atom stereocenters. The fourth-order valence-electron chi connectivity index (χ4n) is 3.23. The van der Waals surface area contributed by atoms with Crippen molar-refractivity contribution < 1.29 is 22.7 Å². The largest absolute Gasteiger partial charge is 0.444 e. The molecule has 1 amide bonds. The van der Waals surface area contributed by atoms with Crippen LogP contribution in [0.4, 0.5) is 18.0 Å². The van der Waals surface area contributed by atoms with Crippen molar-refractivity contribution in [2.45, 2.75) is 64.4 Å². The molecule has 0 aromatic heterocycles. The molecule has 158 valence electrons. The quantitative estimate of drug-likeness (QED) is 0.575. The molecule has 1 aliphatic heterocycles. The Hall–Kier alpha value is -1.28. The Morgan fingerprint density at radius 2 is 1.82 bits per heavy atom. The molecule has 8 heteroatoms. The van der Waals surface area contributed by atoms with E-state index in [9.17, 15) is 18.0 Å². The zero-order valence-corrected chi connectivity index (χ0v) is 18.6. The molecule has 28 heavy (non-hydrogen) atoms. The number of likely N-dealkylation sites (tertiary alicyclic amines) is 1. The molecule has 0 aliphatic carbocycles. The molecule has 1 heterocycles. The van der Waals surface area contributed by atoms with Crippen LogP contribution in [0.5, 0.6) is 0 Å². The van der Waals surface area contributed by atoms with Crippen molar-refractivity contribution in [1.82, 2.24) is 9.80 Å². The molecular weight excluding hydrogens is 437 g/mol. The molecule has 1 fully saturated rings. The fourth-order valence-corrected chi connectivity index (χ4v) is 3.88. The van der Waals surface area contributed by atoms with E-state index < -0.39 is 17.3 Å². The third kappa shape index (κ3) is 5.86. The second-order valence-electron chi connectivity index (χ2n) is 8.63. The highest BCUT2D eigenvalue weighted by molar-refractivity contribution is 9.10. The van der Waals surface area contributed by atoms with Gasteiger partial charge in [0.15, 0.2) is 0 Å². The third-order valence-electron chi connectivity index (χ3n) is 5.17. The lowest BCUT2D eigenvalue weighted by Crippen LogP contribution is -2.53. The van der Waals surface area contributed by atoms with Gasteiger partial charge in [0.05, 0.1) is 5.56 Å². The van der Waals surface area contributed by atoms with Gasteiger partial charge in [0.2, 0.25) is 0 Å². The van der Waals surface area contributed by atoms with Gasteiger partial charge in [-0.15, -0.1) is 0 Å². The van der Waals surface area contributed by atoms with Gasteiger partial charge >= 0.3 is 12.3 Å². The highest BCUT2D eigenvalue weighted by Crippen LogP contribution is 2.36. The predicted molar refractivity (Wildman–Crippen MR) is 106 cm³/mol. The van der Waals surface area contributed by atoms with Crippen molar-refractivity contribution >= 4 is 22.0 Å². The molecule has 0 unspecified atom stereocenters. The molecule has 0 bridgehead atoms. The van der Waals surface area contributed by atoms with Crippen molar-refractivity contribution in [3.8, 4) is 0 Å². The van der Waals surface area contributed by atoms with Crippen molar-refractivity contribution in [3.05, 3.63) is 33.8 Å². The molecule has 0 N–H and O–H groups in total. The Balaban J connectivity index is 1.99. The van der Waals surface area contributed by atoms with E-state index in [0.717, 1.165) is 24.5 Å². The highest BCUT2D eigenvalue weighted by Gasteiger charge is 2.37. The monoisotopic (exact) mass is 464 g/mol. The van der Waals surface area contributed by atoms with E-state index in [4.69, 9.17) is 4.74 Å². The first-order valence-electron chi connectivity index (χ1n) is 9.26. The number of ether oxygens (including phenoxy) is 1. The molecule has 1 aromatic carbocycles. The Morgan fingerprint density at radius 3 is 2.29 bits per heavy atom. The van der Waals surface area contributed by atoms with E-state index in [2.05, 4.69) is 27.8 Å². The number of carbonyl (C=O) groups excluding carboxylic acids is 1. The summed E-state index contributed by atoms with van der Waals surface area (Å²) in [5, 5.41) is 0. The van der Waals surface area contributed by atoms with Crippen LogP contribution in [0.25, 0.3) is 0 Å². The summed E-state index contributed by atoms with van der Waals surface area (Å²) in [5.74, 6) is 0. The summed E-state index contributed by atoms with van der Waals surface area (Å²) >= 11 is 3.03. The number of piperidine rings is 1. The van der Waals surface area contributed by atoms with Gasteiger partial charge < -0.3 is 9.64 Å². The third-order valence-corrected chi connectivity index (χ3v) is 5.83. The molecule has 1 saturated heterocycles. The Kier molecular flexibility index (Phi) is 6.76. The minimum Gasteiger partial charge on any atom is -0.444 e. The van der Waals surface area contributed by atoms with Crippen molar-refractivity contribution in [2.24, 2.45) is 0 Å². The first-order chi connectivity index (χ1) is 12.7. The molecule has 1 aliphatic rings. The minimum absolute atomic E-state index is 0.0517. The second kappa shape index (κ2) is 8.22. The van der Waals surface area contributed by atoms with Gasteiger partial charge in [-0.3, -0.25) is 4.90 Å². The number of rotatable bonds is 3. The lowest BCUT2D eigenvalue weighted by Gasteiger charge is -2.45. The van der Waals surface area contributed by atoms with Crippen molar-refractivity contribution in [3.63, 3.8) is 0 Å². The standard InChI is InChI=1S/C20H28BrF3N2O2/c1-18(2,3)28-17(27)26-10-8-19(4,9-11-26)25(5)13-14-6-7-15(16(21)12-14)20(22,23)24/h6-7,12H,8-11,13H2,1-5H3. The number of hydrogen-bond donors (Lipinski definition) is 0. The zero-order valence-electron chi connectivity index (χ0n) is 17.0. The second-order valence-corrected chi connectivity index (χ2v) is 9.49. The first kappa shape index (κ1) is 23.0. The van der Waals surface area contributed by atoms with Gasteiger partial charge in [-0.1, -0.05) is 22.0 Å². The Morgan fingerprint density at radius 1 is 1.25 bits per heavy atom. The van der Waals surface area contributed by atoms with Crippen molar-refractivity contribution in [1.29, 1.82) is 0 Å². The summed E-state index contributed by atoms with van der Waals surface area (Å²) in [4.78, 5) is 16.1. The molecule has 0 saturated carbocycles. The smallest absolute Gasteiger partial charge is 0.417 e. The Bertz CT molecular complexity index is 708. The average Bonchev–Trinajstić information content (AvgIpc) is 2.52. The van der Waals surface area contributed by atoms with E-state index in [0.29, 0.717) is 19.6 Å². The van der Waals surface area contributed by atoms with Crippen LogP contribution in [0.2, 0.25) is 0 Å². The number of benzene rings is 1. The summed E-state index contributed by atoms with van der Waals surface area (Å²) < 4.78 is 44.2. The van der Waals surface area contributed by atoms with Gasteiger partial charge in [-0.2, -0.15) is 13.2 Å². The molecule has 2 rings (SSSR count). The summed E-state index contributed by atoms with van der Waals surface area (Å²) in [6, 6.07) is 4.16. The summed E-state index contributed by atoms with van der Waals surface area (Å²) in [7, 11) is 1.97. The van der Waals surface area contributed by atoms with Crippen LogP contribution in [0.1, 0.15) is 51.7 Å². The van der Waals surface area contributed by atoms with Gasteiger partial charge in [0.25, 0.3) is 0 Å². The average molecular weight is 465 g/mol. The van der Waals surface area contributed by atoms with E-state index >= 15 is 0 Å². The molecular formula is C20H28BrF3N2O2. The maximum atomic E-state index is 12.9. The molecule has 0 radical (unpaired) electrons. The van der Waals surface area contributed by atoms with Gasteiger partial charge in [-0.25, -0.2) is 4.79 Å². The van der Waals surface area contributed by atoms with Crippen LogP contribution in [-0.4, -0.2) is 47.2 Å². The molecule has 4 nitrogen and oxygen atoms in total. The lowest BCUT2D eigenvalue weighted by molar-refractivity contribution is -0.138. The van der Waals surface area contributed by atoms with Crippen LogP contribution < -0.4 is 0 Å². The van der Waals surface area contributed by atoms with Gasteiger partial charge in [0, 0.05) is 29.6 Å². The number of amides is 1. The maximum absolute atomic E-state index is 12.9. The summed E-state index contributed by atoms with van der Waals surface area (Å²) in [6.45, 7) is 9.36. The van der Waals surface area contributed by atoms with E-state index in [1.165, 1.54) is 12.1 Å². The summed E-state index contributed by atoms with van der Waals surface area (Å²) in [5.41, 5.74) is -0.535. The minimum atomic E-state index is -4.37. The SMILES string of the molecule is CN(Cc1ccc(C(F)(F)F)c(Br)c1)C1(C)CCN(C(=O)OC(C)(C)C)CC1. The van der Waals surface area contributed by atoms with Gasteiger partial charge in [-0.05, 0) is 65.3 Å². The first-order valence-corrected chi connectivity index (χ1v) is 10.1. The van der Waals surface area contributed by atoms with Crippen LogP contribution in [-0.2, 0) is 17.5 Å². The van der Waals surface area contributed by atoms with E-state index in [1.807, 2.05) is 27.8 Å². The van der Waals surface area contributed by atoms with Crippen LogP contribution in [0.15, 0.2) is 22.7 Å². The highest BCUT2D eigenvalue weighted by atomic mass is 79.9. The van der Waals surface area contributed by atoms with Gasteiger partial charge in [0.1, 0.15) is 5.60 Å². The van der Waals surface area contributed by atoms with Crippen molar-refractivity contribution in [2.75, 3.05) is 20.1 Å². The number of hydrogen-bond acceptors (Lipinski definition) is 3. The lowest BCUT2D eigenvalue weighted by atomic mass is 9.87. The number of carbonyl (C=O) groups is 1. The maximum Gasteiger partial charge on any atom is 0.417 e. The summed E-state index contributed by atoms with van der Waals surface area (Å²) in [6.07, 6.45) is -3.14. The number of alkyl halides is 3. The number of nitrogens with zero attached hydrogens (tertiary/aromatic N) is 2. The Labute approximate surface area is 173 Å². The van der Waals surface area contributed by atoms with Crippen LogP contribution in [0.3, 0.4) is 0 Å². The zero-order chi connectivity index (χ0) is 21.3. The number of halogens is 4.